The van der Waals surface area contributed by atoms with Gasteiger partial charge < -0.3 is 15.4 Å². The monoisotopic (exact) mass is 385 g/mol. The van der Waals surface area contributed by atoms with Crippen molar-refractivity contribution in [3.63, 3.8) is 0 Å². The summed E-state index contributed by atoms with van der Waals surface area (Å²) in [7, 11) is 3.35. The molecule has 0 saturated heterocycles. The third-order valence-electron chi connectivity index (χ3n) is 5.69. The van der Waals surface area contributed by atoms with Crippen molar-refractivity contribution in [3.05, 3.63) is 58.6 Å². The summed E-state index contributed by atoms with van der Waals surface area (Å²) in [6, 6.07) is 14.2. The van der Waals surface area contributed by atoms with Crippen molar-refractivity contribution >= 4 is 23.2 Å². The minimum absolute atomic E-state index is 0.131. The molecule has 1 saturated carbocycles. The molecule has 27 heavy (non-hydrogen) atoms. The van der Waals surface area contributed by atoms with Gasteiger partial charge in [-0.2, -0.15) is 0 Å². The van der Waals surface area contributed by atoms with Crippen molar-refractivity contribution in [1.82, 2.24) is 5.32 Å². The van der Waals surface area contributed by atoms with Crippen molar-refractivity contribution < 1.29 is 9.53 Å². The SMILES string of the molecule is COc1cc(N[11CH3])c(Cl)cc1C(=O)NC1CCC(Cc2ccccc2)C1C. The van der Waals surface area contributed by atoms with Crippen LogP contribution < -0.4 is 15.4 Å². The van der Waals surface area contributed by atoms with Crippen LogP contribution in [-0.4, -0.2) is 26.1 Å². The van der Waals surface area contributed by atoms with E-state index in [4.69, 9.17) is 16.3 Å². The van der Waals surface area contributed by atoms with Crippen molar-refractivity contribution in [2.24, 2.45) is 11.8 Å². The zero-order valence-corrected chi connectivity index (χ0v) is 16.8. The number of ether oxygens (including phenoxy) is 1. The maximum atomic E-state index is 12.9. The van der Waals surface area contributed by atoms with Gasteiger partial charge in [0.15, 0.2) is 0 Å². The molecule has 2 aromatic carbocycles. The number of halogens is 1. The number of benzene rings is 2. The van der Waals surface area contributed by atoms with Crippen LogP contribution in [0.25, 0.3) is 0 Å². The summed E-state index contributed by atoms with van der Waals surface area (Å²) in [5.74, 6) is 1.39. The molecule has 1 aliphatic carbocycles. The van der Waals surface area contributed by atoms with E-state index in [0.717, 1.165) is 24.9 Å². The van der Waals surface area contributed by atoms with Gasteiger partial charge >= 0.3 is 0 Å². The number of hydrogen-bond donors (Lipinski definition) is 2. The summed E-state index contributed by atoms with van der Waals surface area (Å²) in [6.45, 7) is 2.24. The van der Waals surface area contributed by atoms with E-state index in [0.29, 0.717) is 28.2 Å². The number of anilines is 1. The summed E-state index contributed by atoms with van der Waals surface area (Å²) in [5.41, 5.74) is 2.57. The van der Waals surface area contributed by atoms with Gasteiger partial charge in [-0.3, -0.25) is 4.79 Å². The fraction of sp³-hybridized carbons (Fsp3) is 0.409. The van der Waals surface area contributed by atoms with E-state index in [9.17, 15) is 4.79 Å². The van der Waals surface area contributed by atoms with Gasteiger partial charge in [-0.15, -0.1) is 0 Å². The summed E-state index contributed by atoms with van der Waals surface area (Å²) in [6.07, 6.45) is 3.17. The first-order chi connectivity index (χ1) is 13.0. The zero-order valence-electron chi connectivity index (χ0n) is 16.1. The molecular weight excluding hydrogens is 359 g/mol. The van der Waals surface area contributed by atoms with Gasteiger partial charge in [0.1, 0.15) is 5.75 Å². The van der Waals surface area contributed by atoms with Crippen molar-refractivity contribution in [3.8, 4) is 5.75 Å². The fourth-order valence-electron chi connectivity index (χ4n) is 3.99. The molecule has 0 spiro atoms. The number of carbonyl (C=O) groups excluding carboxylic acids is 1. The average Bonchev–Trinajstić information content (AvgIpc) is 3.02. The van der Waals surface area contributed by atoms with Crippen LogP contribution in [0.1, 0.15) is 35.7 Å². The molecule has 0 radical (unpaired) electrons. The summed E-state index contributed by atoms with van der Waals surface area (Å²) >= 11 is 6.26. The lowest BCUT2D eigenvalue weighted by Crippen LogP contribution is -2.38. The average molecular weight is 386 g/mol. The second-order valence-electron chi connectivity index (χ2n) is 7.25. The Bertz CT molecular complexity index is 794. The van der Waals surface area contributed by atoms with Crippen LogP contribution in [0.15, 0.2) is 42.5 Å². The Kier molecular flexibility index (Phi) is 6.27. The van der Waals surface area contributed by atoms with E-state index in [-0.39, 0.29) is 11.9 Å². The van der Waals surface area contributed by atoms with Gasteiger partial charge in [-0.1, -0.05) is 48.9 Å². The number of nitrogens with one attached hydrogen (secondary N) is 2. The number of rotatable bonds is 6. The Morgan fingerprint density at radius 1 is 1.22 bits per heavy atom. The largest absolute Gasteiger partial charge is 0.496 e. The molecule has 1 amide bonds. The molecule has 0 aromatic heterocycles. The molecular formula is C22H27ClN2O2. The highest BCUT2D eigenvalue weighted by atomic mass is 35.5. The quantitative estimate of drug-likeness (QED) is 0.752. The molecule has 4 nitrogen and oxygen atoms in total. The lowest BCUT2D eigenvalue weighted by atomic mass is 9.89. The van der Waals surface area contributed by atoms with Crippen LogP contribution in [0.2, 0.25) is 5.02 Å². The highest BCUT2D eigenvalue weighted by Gasteiger charge is 2.34. The van der Waals surface area contributed by atoms with Gasteiger partial charge in [-0.05, 0) is 42.7 Å². The first kappa shape index (κ1) is 19.6. The van der Waals surface area contributed by atoms with Gasteiger partial charge in [0.2, 0.25) is 0 Å². The molecule has 2 N–H and O–H groups in total. The van der Waals surface area contributed by atoms with E-state index in [1.54, 1.807) is 26.3 Å². The fourth-order valence-corrected chi connectivity index (χ4v) is 4.25. The first-order valence-corrected chi connectivity index (χ1v) is 9.81. The topological polar surface area (TPSA) is 50.4 Å². The number of hydrogen-bond acceptors (Lipinski definition) is 3. The Morgan fingerprint density at radius 3 is 2.63 bits per heavy atom. The first-order valence-electron chi connectivity index (χ1n) is 9.43. The van der Waals surface area contributed by atoms with E-state index >= 15 is 0 Å². The van der Waals surface area contributed by atoms with Crippen molar-refractivity contribution in [2.45, 2.75) is 32.2 Å². The molecule has 0 bridgehead atoms. The maximum absolute atomic E-state index is 12.9. The Morgan fingerprint density at radius 2 is 1.96 bits per heavy atom. The molecule has 3 unspecified atom stereocenters. The van der Waals surface area contributed by atoms with E-state index in [1.165, 1.54) is 5.56 Å². The van der Waals surface area contributed by atoms with Gasteiger partial charge in [0.05, 0.1) is 23.4 Å². The molecule has 3 rings (SSSR count). The Balaban J connectivity index is 1.69. The summed E-state index contributed by atoms with van der Waals surface area (Å²) < 4.78 is 5.40. The smallest absolute Gasteiger partial charge is 0.255 e. The number of methoxy groups -OCH3 is 1. The third-order valence-corrected chi connectivity index (χ3v) is 6.00. The molecule has 0 heterocycles. The molecule has 5 heteroatoms. The molecule has 3 atom stereocenters. The lowest BCUT2D eigenvalue weighted by molar-refractivity contribution is 0.0923. The van der Waals surface area contributed by atoms with Crippen LogP contribution in [0.4, 0.5) is 5.69 Å². The molecule has 144 valence electrons. The molecule has 1 fully saturated rings. The van der Waals surface area contributed by atoms with Crippen molar-refractivity contribution in [1.29, 1.82) is 0 Å². The number of carbonyl (C=O) groups is 1. The minimum atomic E-state index is -0.131. The predicted octanol–water partition coefficient (Wildman–Crippen LogP) is 4.78. The molecule has 2 aromatic rings. The Labute approximate surface area is 166 Å². The molecule has 0 aliphatic heterocycles. The van der Waals surface area contributed by atoms with E-state index in [1.807, 2.05) is 6.07 Å². The molecule has 1 aliphatic rings. The standard InChI is InChI=1S/C22H27ClN2O2/c1-14-16(11-15-7-5-4-6-8-15)9-10-19(14)25-22(26)17-12-18(23)20(24-2)13-21(17)27-3/h4-8,12-14,16,19,24H,9-11H2,1-3H3,(H,25,26)/i2-1. The highest BCUT2D eigenvalue weighted by Crippen LogP contribution is 2.35. The third kappa shape index (κ3) is 4.38. The zero-order chi connectivity index (χ0) is 19.4. The van der Waals surface area contributed by atoms with Gasteiger partial charge in [0.25, 0.3) is 5.91 Å². The van der Waals surface area contributed by atoms with Crippen LogP contribution in [0.5, 0.6) is 5.75 Å². The number of amides is 1. The van der Waals surface area contributed by atoms with Crippen LogP contribution >= 0.6 is 11.6 Å². The second-order valence-corrected chi connectivity index (χ2v) is 7.66. The van der Waals surface area contributed by atoms with Gasteiger partial charge in [-0.25, -0.2) is 0 Å². The normalized spacial score (nSPS) is 21.7. The van der Waals surface area contributed by atoms with Crippen LogP contribution in [-0.2, 0) is 6.42 Å². The highest BCUT2D eigenvalue weighted by molar-refractivity contribution is 6.33. The summed E-state index contributed by atoms with van der Waals surface area (Å²) in [5, 5.41) is 6.71. The van der Waals surface area contributed by atoms with Crippen LogP contribution in [0.3, 0.4) is 0 Å². The van der Waals surface area contributed by atoms with E-state index < -0.39 is 0 Å². The summed E-state index contributed by atoms with van der Waals surface area (Å²) in [4.78, 5) is 12.9. The predicted molar refractivity (Wildman–Crippen MR) is 111 cm³/mol. The maximum Gasteiger partial charge on any atom is 0.255 e. The van der Waals surface area contributed by atoms with Crippen LogP contribution in [0, 0.1) is 11.8 Å². The van der Waals surface area contributed by atoms with Crippen molar-refractivity contribution in [2.75, 3.05) is 19.5 Å². The second kappa shape index (κ2) is 8.66. The Hall–Kier alpha value is -2.20. The van der Waals surface area contributed by atoms with E-state index in [2.05, 4.69) is 41.8 Å². The van der Waals surface area contributed by atoms with Gasteiger partial charge in [0, 0.05) is 19.2 Å². The lowest BCUT2D eigenvalue weighted by Gasteiger charge is -2.22. The minimum Gasteiger partial charge on any atom is -0.496 e.